The fourth-order valence-corrected chi connectivity index (χ4v) is 2.78. The summed E-state index contributed by atoms with van der Waals surface area (Å²) in [5.41, 5.74) is 2.14. The molecule has 0 saturated carbocycles. The molecule has 4 nitrogen and oxygen atoms in total. The first-order chi connectivity index (χ1) is 13.5. The maximum Gasteiger partial charge on any atom is 0.421 e. The average Bonchev–Trinajstić information content (AvgIpc) is 2.62. The zero-order chi connectivity index (χ0) is 21.2. The summed E-state index contributed by atoms with van der Waals surface area (Å²) < 4.78 is 40.5. The fraction of sp³-hybridized carbons (Fsp3) is 0.273. The van der Waals surface area contributed by atoms with E-state index >= 15 is 0 Å². The van der Waals surface area contributed by atoms with Crippen molar-refractivity contribution in [3.63, 3.8) is 0 Å². The van der Waals surface area contributed by atoms with Crippen molar-refractivity contribution in [2.75, 3.05) is 10.6 Å². The van der Waals surface area contributed by atoms with Crippen LogP contribution < -0.4 is 10.6 Å². The normalized spacial score (nSPS) is 12.0. The van der Waals surface area contributed by atoms with Crippen molar-refractivity contribution in [3.8, 4) is 0 Å². The molecule has 1 heterocycles. The molecule has 0 saturated heterocycles. The van der Waals surface area contributed by atoms with Gasteiger partial charge in [0, 0.05) is 17.6 Å². The fourth-order valence-electron chi connectivity index (χ4n) is 2.78. The quantitative estimate of drug-likeness (QED) is 0.519. The molecule has 3 rings (SSSR count). The molecule has 152 valence electrons. The van der Waals surface area contributed by atoms with Gasteiger partial charge in [-0.3, -0.25) is 0 Å². The Labute approximate surface area is 168 Å². The van der Waals surface area contributed by atoms with Crippen LogP contribution in [0.15, 0.2) is 54.7 Å². The van der Waals surface area contributed by atoms with Gasteiger partial charge in [0.25, 0.3) is 0 Å². The number of nitrogens with one attached hydrogen (secondary N) is 2. The van der Waals surface area contributed by atoms with Gasteiger partial charge in [-0.1, -0.05) is 51.1 Å². The summed E-state index contributed by atoms with van der Waals surface area (Å²) in [7, 11) is 0. The van der Waals surface area contributed by atoms with E-state index in [9.17, 15) is 13.2 Å². The van der Waals surface area contributed by atoms with Crippen LogP contribution in [0.25, 0.3) is 0 Å². The van der Waals surface area contributed by atoms with E-state index in [1.807, 2.05) is 70.2 Å². The minimum atomic E-state index is -4.58. The number of nitrogens with zero attached hydrogens (tertiary/aromatic N) is 2. The Morgan fingerprint density at radius 2 is 1.62 bits per heavy atom. The number of rotatable bonds is 4. The highest BCUT2D eigenvalue weighted by atomic mass is 19.4. The number of para-hydroxylation sites is 1. The molecule has 7 heteroatoms. The molecule has 2 aromatic carbocycles. The molecule has 0 radical (unpaired) electrons. The van der Waals surface area contributed by atoms with Gasteiger partial charge in [-0.05, 0) is 41.7 Å². The van der Waals surface area contributed by atoms with Gasteiger partial charge < -0.3 is 10.6 Å². The van der Waals surface area contributed by atoms with Crippen molar-refractivity contribution in [1.29, 1.82) is 0 Å². The summed E-state index contributed by atoms with van der Waals surface area (Å²) in [5, 5.41) is 5.80. The molecule has 0 bridgehead atoms. The van der Waals surface area contributed by atoms with Gasteiger partial charge in [-0.25, -0.2) is 4.98 Å². The highest BCUT2D eigenvalue weighted by molar-refractivity contribution is 5.64. The molecule has 3 aromatic rings. The first-order valence-corrected chi connectivity index (χ1v) is 9.18. The SMILES string of the molecule is Cc1ccccc1Nc1ncc(C(F)(F)F)c(Nc2cccc(C(C)(C)C)c2)n1. The number of hydrogen-bond acceptors (Lipinski definition) is 4. The van der Waals surface area contributed by atoms with Gasteiger partial charge >= 0.3 is 6.18 Å². The van der Waals surface area contributed by atoms with Gasteiger partial charge in [0.05, 0.1) is 0 Å². The minimum Gasteiger partial charge on any atom is -0.340 e. The van der Waals surface area contributed by atoms with E-state index < -0.39 is 11.7 Å². The van der Waals surface area contributed by atoms with Crippen molar-refractivity contribution in [3.05, 3.63) is 71.4 Å². The third kappa shape index (κ3) is 5.04. The first kappa shape index (κ1) is 20.6. The second-order valence-corrected chi connectivity index (χ2v) is 7.85. The number of alkyl halides is 3. The van der Waals surface area contributed by atoms with Crippen LogP contribution in [0.4, 0.5) is 36.3 Å². The summed E-state index contributed by atoms with van der Waals surface area (Å²) in [6.07, 6.45) is -3.78. The molecule has 0 aliphatic rings. The number of aryl methyl sites for hydroxylation is 1. The molecule has 0 spiro atoms. The van der Waals surface area contributed by atoms with Gasteiger partial charge in [-0.2, -0.15) is 18.2 Å². The van der Waals surface area contributed by atoms with Gasteiger partial charge in [-0.15, -0.1) is 0 Å². The van der Waals surface area contributed by atoms with E-state index in [1.54, 1.807) is 6.07 Å². The van der Waals surface area contributed by atoms with Crippen LogP contribution in [0.2, 0.25) is 0 Å². The second-order valence-electron chi connectivity index (χ2n) is 7.85. The lowest BCUT2D eigenvalue weighted by molar-refractivity contribution is -0.137. The highest BCUT2D eigenvalue weighted by Crippen LogP contribution is 2.36. The monoisotopic (exact) mass is 400 g/mol. The van der Waals surface area contributed by atoms with Crippen LogP contribution in [0.1, 0.15) is 37.5 Å². The zero-order valence-electron chi connectivity index (χ0n) is 16.7. The van der Waals surface area contributed by atoms with Gasteiger partial charge in [0.15, 0.2) is 0 Å². The topological polar surface area (TPSA) is 49.8 Å². The van der Waals surface area contributed by atoms with Crippen molar-refractivity contribution < 1.29 is 13.2 Å². The molecule has 0 unspecified atom stereocenters. The van der Waals surface area contributed by atoms with Crippen LogP contribution in [-0.4, -0.2) is 9.97 Å². The maximum absolute atomic E-state index is 13.5. The zero-order valence-corrected chi connectivity index (χ0v) is 16.7. The molecular formula is C22H23F3N4. The molecule has 0 atom stereocenters. The van der Waals surface area contributed by atoms with E-state index in [1.165, 1.54) is 0 Å². The van der Waals surface area contributed by atoms with Crippen molar-refractivity contribution >= 4 is 23.1 Å². The van der Waals surface area contributed by atoms with E-state index in [4.69, 9.17) is 0 Å². The second kappa shape index (κ2) is 7.73. The Balaban J connectivity index is 1.98. The standard InChI is InChI=1S/C22H23F3N4/c1-14-8-5-6-11-18(14)28-20-26-13-17(22(23,24)25)19(29-20)27-16-10-7-9-15(12-16)21(2,3)4/h5-13H,1-4H3,(H2,26,27,28,29). The van der Waals surface area contributed by atoms with Crippen LogP contribution in [0.5, 0.6) is 0 Å². The van der Waals surface area contributed by atoms with Crippen LogP contribution >= 0.6 is 0 Å². The molecule has 29 heavy (non-hydrogen) atoms. The molecule has 2 N–H and O–H groups in total. The van der Waals surface area contributed by atoms with Crippen LogP contribution in [0.3, 0.4) is 0 Å². The Bertz CT molecular complexity index is 1010. The summed E-state index contributed by atoms with van der Waals surface area (Å²) >= 11 is 0. The Morgan fingerprint density at radius 3 is 2.28 bits per heavy atom. The summed E-state index contributed by atoms with van der Waals surface area (Å²) in [4.78, 5) is 7.97. The van der Waals surface area contributed by atoms with Gasteiger partial charge in [0.2, 0.25) is 5.95 Å². The number of hydrogen-bond donors (Lipinski definition) is 2. The Hall–Kier alpha value is -3.09. The third-order valence-electron chi connectivity index (χ3n) is 4.48. The van der Waals surface area contributed by atoms with Crippen LogP contribution in [0, 0.1) is 6.92 Å². The number of halogens is 3. The van der Waals surface area contributed by atoms with E-state index in [2.05, 4.69) is 20.6 Å². The van der Waals surface area contributed by atoms with E-state index in [0.717, 1.165) is 23.0 Å². The molecule has 0 aliphatic heterocycles. The average molecular weight is 400 g/mol. The Kier molecular flexibility index (Phi) is 5.50. The molecular weight excluding hydrogens is 377 g/mol. The molecule has 1 aromatic heterocycles. The first-order valence-electron chi connectivity index (χ1n) is 9.18. The summed E-state index contributed by atoms with van der Waals surface area (Å²) in [6, 6.07) is 14.7. The summed E-state index contributed by atoms with van der Waals surface area (Å²) in [5.74, 6) is -0.212. The van der Waals surface area contributed by atoms with E-state index in [0.29, 0.717) is 5.69 Å². The number of aromatic nitrogens is 2. The molecule has 0 fully saturated rings. The molecule has 0 aliphatic carbocycles. The number of anilines is 4. The lowest BCUT2D eigenvalue weighted by atomic mass is 9.87. The van der Waals surface area contributed by atoms with E-state index in [-0.39, 0.29) is 17.2 Å². The van der Waals surface area contributed by atoms with Crippen molar-refractivity contribution in [1.82, 2.24) is 9.97 Å². The number of benzene rings is 2. The smallest absolute Gasteiger partial charge is 0.340 e. The van der Waals surface area contributed by atoms with Crippen LogP contribution in [-0.2, 0) is 11.6 Å². The lowest BCUT2D eigenvalue weighted by Crippen LogP contribution is -2.14. The van der Waals surface area contributed by atoms with Crippen molar-refractivity contribution in [2.24, 2.45) is 0 Å². The predicted octanol–water partition coefficient (Wildman–Crippen LogP) is 6.59. The molecule has 0 amide bonds. The lowest BCUT2D eigenvalue weighted by Gasteiger charge is -2.20. The predicted molar refractivity (Wildman–Crippen MR) is 110 cm³/mol. The minimum absolute atomic E-state index is 0.0850. The largest absolute Gasteiger partial charge is 0.421 e. The third-order valence-corrected chi connectivity index (χ3v) is 4.48. The van der Waals surface area contributed by atoms with Gasteiger partial charge in [0.1, 0.15) is 11.4 Å². The Morgan fingerprint density at radius 1 is 0.897 bits per heavy atom. The highest BCUT2D eigenvalue weighted by Gasteiger charge is 2.35. The maximum atomic E-state index is 13.5. The summed E-state index contributed by atoms with van der Waals surface area (Å²) in [6.45, 7) is 8.02. The van der Waals surface area contributed by atoms with Crippen molar-refractivity contribution in [2.45, 2.75) is 39.3 Å².